The third-order valence-corrected chi connectivity index (χ3v) is 4.32. The maximum Gasteiger partial charge on any atom is 0.0897 e. The Balaban J connectivity index is 1.94. The summed E-state index contributed by atoms with van der Waals surface area (Å²) in [5.41, 5.74) is 1.05. The number of aromatic nitrogens is 1. The highest BCUT2D eigenvalue weighted by atomic mass is 32.1. The molecule has 0 amide bonds. The number of rotatable bonds is 11. The van der Waals surface area contributed by atoms with Crippen LogP contribution in [0, 0.1) is 6.92 Å². The fraction of sp³-hybridized carbons (Fsp3) is 0.812. The molecule has 0 saturated heterocycles. The maximum absolute atomic E-state index is 9.95. The fourth-order valence-electron chi connectivity index (χ4n) is 2.36. The SMILES string of the molecule is CCCCCCCCCCC(O)Cc1csc(C)n1. The van der Waals surface area contributed by atoms with Gasteiger partial charge in [0.1, 0.15) is 0 Å². The van der Waals surface area contributed by atoms with Crippen LogP contribution in [0.4, 0.5) is 0 Å². The molecule has 1 rings (SSSR count). The van der Waals surface area contributed by atoms with Crippen molar-refractivity contribution >= 4 is 11.3 Å². The molecule has 0 aliphatic carbocycles. The lowest BCUT2D eigenvalue weighted by molar-refractivity contribution is 0.160. The standard InChI is InChI=1S/C16H29NOS/c1-3-4-5-6-7-8-9-10-11-16(18)12-15-13-19-14(2)17-15/h13,16,18H,3-12H2,1-2H3. The van der Waals surface area contributed by atoms with Crippen LogP contribution in [0.5, 0.6) is 0 Å². The van der Waals surface area contributed by atoms with E-state index in [1.54, 1.807) is 11.3 Å². The van der Waals surface area contributed by atoms with E-state index < -0.39 is 0 Å². The first-order valence-electron chi connectivity index (χ1n) is 7.81. The quantitative estimate of drug-likeness (QED) is 0.587. The van der Waals surface area contributed by atoms with Crippen LogP contribution < -0.4 is 0 Å². The second-order valence-electron chi connectivity index (χ2n) is 5.48. The lowest BCUT2D eigenvalue weighted by Crippen LogP contribution is -2.10. The van der Waals surface area contributed by atoms with E-state index in [0.29, 0.717) is 0 Å². The molecule has 1 heterocycles. The summed E-state index contributed by atoms with van der Waals surface area (Å²) in [5, 5.41) is 13.1. The zero-order valence-corrected chi connectivity index (χ0v) is 13.3. The van der Waals surface area contributed by atoms with Crippen molar-refractivity contribution in [3.63, 3.8) is 0 Å². The van der Waals surface area contributed by atoms with Crippen LogP contribution in [-0.4, -0.2) is 16.2 Å². The third-order valence-electron chi connectivity index (χ3n) is 3.50. The Bertz CT molecular complexity index is 324. The minimum absolute atomic E-state index is 0.207. The second-order valence-corrected chi connectivity index (χ2v) is 6.54. The number of thiazole rings is 1. The summed E-state index contributed by atoms with van der Waals surface area (Å²) in [4.78, 5) is 4.40. The van der Waals surface area contributed by atoms with E-state index in [1.807, 2.05) is 6.92 Å². The van der Waals surface area contributed by atoms with Gasteiger partial charge in [-0.1, -0.05) is 58.3 Å². The van der Waals surface area contributed by atoms with Gasteiger partial charge in [0.05, 0.1) is 16.8 Å². The Labute approximate surface area is 122 Å². The molecule has 3 heteroatoms. The number of aliphatic hydroxyl groups excluding tert-OH is 1. The van der Waals surface area contributed by atoms with Crippen LogP contribution in [0.15, 0.2) is 5.38 Å². The summed E-state index contributed by atoms with van der Waals surface area (Å²) in [5.74, 6) is 0. The Morgan fingerprint density at radius 2 is 1.74 bits per heavy atom. The van der Waals surface area contributed by atoms with E-state index >= 15 is 0 Å². The monoisotopic (exact) mass is 283 g/mol. The van der Waals surface area contributed by atoms with Gasteiger partial charge in [0.25, 0.3) is 0 Å². The average Bonchev–Trinajstić information content (AvgIpc) is 2.78. The van der Waals surface area contributed by atoms with Crippen molar-refractivity contribution in [2.75, 3.05) is 0 Å². The topological polar surface area (TPSA) is 33.1 Å². The first-order chi connectivity index (χ1) is 9.22. The Kier molecular flexibility index (Phi) is 9.10. The van der Waals surface area contributed by atoms with Gasteiger partial charge in [-0.3, -0.25) is 0 Å². The van der Waals surface area contributed by atoms with Crippen molar-refractivity contribution in [2.24, 2.45) is 0 Å². The largest absolute Gasteiger partial charge is 0.393 e. The summed E-state index contributed by atoms with van der Waals surface area (Å²) in [6.45, 7) is 4.27. The molecule has 0 bridgehead atoms. The van der Waals surface area contributed by atoms with Gasteiger partial charge in [0.15, 0.2) is 0 Å². The molecule has 19 heavy (non-hydrogen) atoms. The van der Waals surface area contributed by atoms with Gasteiger partial charge in [0.2, 0.25) is 0 Å². The number of aliphatic hydroxyl groups is 1. The van der Waals surface area contributed by atoms with Crippen LogP contribution in [0.3, 0.4) is 0 Å². The first-order valence-corrected chi connectivity index (χ1v) is 8.69. The van der Waals surface area contributed by atoms with Crippen LogP contribution >= 0.6 is 11.3 Å². The number of aryl methyl sites for hydroxylation is 1. The Morgan fingerprint density at radius 3 is 2.32 bits per heavy atom. The van der Waals surface area contributed by atoms with Gasteiger partial charge < -0.3 is 5.11 Å². The summed E-state index contributed by atoms with van der Waals surface area (Å²) in [7, 11) is 0. The smallest absolute Gasteiger partial charge is 0.0897 e. The zero-order chi connectivity index (χ0) is 13.9. The highest BCUT2D eigenvalue weighted by molar-refractivity contribution is 7.09. The number of hydrogen-bond donors (Lipinski definition) is 1. The summed E-state index contributed by atoms with van der Waals surface area (Å²) < 4.78 is 0. The van der Waals surface area contributed by atoms with Crippen LogP contribution in [-0.2, 0) is 6.42 Å². The molecule has 0 aliphatic rings. The van der Waals surface area contributed by atoms with E-state index in [1.165, 1.54) is 44.9 Å². The number of nitrogens with zero attached hydrogens (tertiary/aromatic N) is 1. The van der Waals surface area contributed by atoms with Crippen LogP contribution in [0.2, 0.25) is 0 Å². The van der Waals surface area contributed by atoms with Crippen molar-refractivity contribution in [2.45, 2.75) is 84.2 Å². The number of hydrogen-bond acceptors (Lipinski definition) is 3. The lowest BCUT2D eigenvalue weighted by Gasteiger charge is -2.08. The van der Waals surface area contributed by atoms with E-state index in [9.17, 15) is 5.11 Å². The lowest BCUT2D eigenvalue weighted by atomic mass is 10.0. The predicted molar refractivity (Wildman–Crippen MR) is 83.8 cm³/mol. The Hall–Kier alpha value is -0.410. The molecule has 1 aromatic heterocycles. The van der Waals surface area contributed by atoms with Crippen molar-refractivity contribution in [1.29, 1.82) is 0 Å². The highest BCUT2D eigenvalue weighted by Crippen LogP contribution is 2.14. The summed E-state index contributed by atoms with van der Waals surface area (Å²) >= 11 is 1.67. The van der Waals surface area contributed by atoms with E-state index in [4.69, 9.17) is 0 Å². The van der Waals surface area contributed by atoms with Gasteiger partial charge >= 0.3 is 0 Å². The molecule has 0 fully saturated rings. The summed E-state index contributed by atoms with van der Waals surface area (Å²) in [6.07, 6.45) is 12.0. The van der Waals surface area contributed by atoms with Gasteiger partial charge in [0, 0.05) is 11.8 Å². The molecule has 110 valence electrons. The molecule has 1 unspecified atom stereocenters. The van der Waals surface area contributed by atoms with Gasteiger partial charge in [-0.15, -0.1) is 11.3 Å². The molecule has 1 aromatic rings. The molecule has 1 atom stereocenters. The molecule has 1 N–H and O–H groups in total. The molecule has 0 aliphatic heterocycles. The normalized spacial score (nSPS) is 12.8. The van der Waals surface area contributed by atoms with Crippen molar-refractivity contribution in [1.82, 2.24) is 4.98 Å². The Morgan fingerprint density at radius 1 is 1.11 bits per heavy atom. The zero-order valence-electron chi connectivity index (χ0n) is 12.5. The third kappa shape index (κ3) is 8.38. The molecule has 0 spiro atoms. The molecule has 2 nitrogen and oxygen atoms in total. The fourth-order valence-corrected chi connectivity index (χ4v) is 2.98. The average molecular weight is 283 g/mol. The molecule has 0 radical (unpaired) electrons. The minimum atomic E-state index is -0.207. The second kappa shape index (κ2) is 10.4. The highest BCUT2D eigenvalue weighted by Gasteiger charge is 2.07. The van der Waals surface area contributed by atoms with Gasteiger partial charge in [-0.25, -0.2) is 4.98 Å². The molecule has 0 aromatic carbocycles. The predicted octanol–water partition coefficient (Wildman–Crippen LogP) is 4.89. The van der Waals surface area contributed by atoms with Crippen LogP contribution in [0.1, 0.15) is 75.4 Å². The maximum atomic E-state index is 9.95. The molecular formula is C16H29NOS. The van der Waals surface area contributed by atoms with Gasteiger partial charge in [-0.2, -0.15) is 0 Å². The van der Waals surface area contributed by atoms with Crippen molar-refractivity contribution in [3.8, 4) is 0 Å². The van der Waals surface area contributed by atoms with E-state index in [-0.39, 0.29) is 6.10 Å². The first kappa shape index (κ1) is 16.6. The van der Waals surface area contributed by atoms with Crippen molar-refractivity contribution < 1.29 is 5.11 Å². The minimum Gasteiger partial charge on any atom is -0.393 e. The summed E-state index contributed by atoms with van der Waals surface area (Å²) in [6, 6.07) is 0. The van der Waals surface area contributed by atoms with Crippen molar-refractivity contribution in [3.05, 3.63) is 16.1 Å². The van der Waals surface area contributed by atoms with Gasteiger partial charge in [-0.05, 0) is 13.3 Å². The number of unbranched alkanes of at least 4 members (excludes halogenated alkanes) is 7. The molecular weight excluding hydrogens is 254 g/mol. The van der Waals surface area contributed by atoms with Crippen LogP contribution in [0.25, 0.3) is 0 Å². The van der Waals surface area contributed by atoms with E-state index in [0.717, 1.165) is 30.0 Å². The molecule has 0 saturated carbocycles. The van der Waals surface area contributed by atoms with E-state index in [2.05, 4.69) is 17.3 Å².